The van der Waals surface area contributed by atoms with Gasteiger partial charge in [0.15, 0.2) is 0 Å². The molecule has 1 heterocycles. The molecule has 0 aromatic heterocycles. The first-order valence-electron chi connectivity index (χ1n) is 10.5. The lowest BCUT2D eigenvalue weighted by molar-refractivity contribution is 0.197. The Morgan fingerprint density at radius 3 is 2.08 bits per heavy atom. The summed E-state index contributed by atoms with van der Waals surface area (Å²) in [5.74, 6) is 0. The van der Waals surface area contributed by atoms with E-state index in [9.17, 15) is 0 Å². The summed E-state index contributed by atoms with van der Waals surface area (Å²) in [6.45, 7) is 18.9. The van der Waals surface area contributed by atoms with Crippen LogP contribution in [0.3, 0.4) is 0 Å². The lowest BCUT2D eigenvalue weighted by atomic mass is 10.0. The summed E-state index contributed by atoms with van der Waals surface area (Å²) in [6, 6.07) is 6.87. The van der Waals surface area contributed by atoms with Crippen LogP contribution in [0, 0.1) is 13.8 Å². The molecule has 25 heavy (non-hydrogen) atoms. The molecule has 2 rings (SSSR count). The van der Waals surface area contributed by atoms with E-state index in [0.717, 1.165) is 13.0 Å². The number of rotatable bonds is 6. The van der Waals surface area contributed by atoms with Gasteiger partial charge in [-0.05, 0) is 69.9 Å². The monoisotopic (exact) mass is 348 g/mol. The standard InChI is InChI=1S/C18H30N2.C3H8.C2H6/c1-16-7-8-18(15-17(16)2)9-12-19(3)13-14-20-10-5-4-6-11-20;1-3-2;1-2/h7-8,15H,4-6,9-14H2,1-3H3;3H2,1-2H3;1-2H3. The van der Waals surface area contributed by atoms with Crippen LogP contribution in [0.15, 0.2) is 18.2 Å². The van der Waals surface area contributed by atoms with Gasteiger partial charge in [-0.2, -0.15) is 0 Å². The van der Waals surface area contributed by atoms with Crippen molar-refractivity contribution >= 4 is 0 Å². The van der Waals surface area contributed by atoms with Gasteiger partial charge in [-0.25, -0.2) is 0 Å². The van der Waals surface area contributed by atoms with E-state index < -0.39 is 0 Å². The molecule has 1 aromatic rings. The van der Waals surface area contributed by atoms with Crippen LogP contribution in [0.4, 0.5) is 0 Å². The van der Waals surface area contributed by atoms with Crippen molar-refractivity contribution < 1.29 is 0 Å². The minimum atomic E-state index is 1.16. The van der Waals surface area contributed by atoms with E-state index in [4.69, 9.17) is 0 Å². The first kappa shape index (κ1) is 24.1. The maximum atomic E-state index is 2.62. The summed E-state index contributed by atoms with van der Waals surface area (Å²) in [4.78, 5) is 5.10. The van der Waals surface area contributed by atoms with Gasteiger partial charge >= 0.3 is 0 Å². The molecular formula is C23H44N2. The molecule has 0 unspecified atom stereocenters. The maximum Gasteiger partial charge on any atom is 0.0109 e. The fourth-order valence-electron chi connectivity index (χ4n) is 2.89. The van der Waals surface area contributed by atoms with E-state index >= 15 is 0 Å². The first-order chi connectivity index (χ1) is 12.1. The van der Waals surface area contributed by atoms with E-state index in [2.05, 4.69) is 62.7 Å². The summed E-state index contributed by atoms with van der Waals surface area (Å²) < 4.78 is 0. The SMILES string of the molecule is CC.CCC.Cc1ccc(CCN(C)CCN2CCCCC2)cc1C. The highest BCUT2D eigenvalue weighted by Gasteiger charge is 2.10. The Hall–Kier alpha value is -0.860. The highest BCUT2D eigenvalue weighted by molar-refractivity contribution is 5.30. The quantitative estimate of drug-likeness (QED) is 0.650. The van der Waals surface area contributed by atoms with Gasteiger partial charge in [0.05, 0.1) is 0 Å². The van der Waals surface area contributed by atoms with Crippen LogP contribution in [0.1, 0.15) is 70.1 Å². The molecule has 1 aromatic carbocycles. The Kier molecular flexibility index (Phi) is 14.9. The fraction of sp³-hybridized carbons (Fsp3) is 0.739. The molecule has 0 saturated carbocycles. The third kappa shape index (κ3) is 11.4. The zero-order valence-corrected chi connectivity index (χ0v) is 18.2. The Balaban J connectivity index is 0.00000104. The Morgan fingerprint density at radius 1 is 0.920 bits per heavy atom. The highest BCUT2D eigenvalue weighted by Crippen LogP contribution is 2.11. The minimum absolute atomic E-state index is 1.16. The average Bonchev–Trinajstić information content (AvgIpc) is 2.64. The van der Waals surface area contributed by atoms with Crippen LogP contribution >= 0.6 is 0 Å². The second-order valence-electron chi connectivity index (χ2n) is 7.08. The van der Waals surface area contributed by atoms with E-state index in [1.807, 2.05) is 13.8 Å². The van der Waals surface area contributed by atoms with Crippen LogP contribution in [0.25, 0.3) is 0 Å². The predicted octanol–water partition coefficient (Wildman–Crippen LogP) is 5.71. The number of hydrogen-bond donors (Lipinski definition) is 0. The molecule has 1 aliphatic heterocycles. The predicted molar refractivity (Wildman–Crippen MR) is 115 cm³/mol. The van der Waals surface area contributed by atoms with Gasteiger partial charge in [0.1, 0.15) is 0 Å². The molecule has 1 fully saturated rings. The second kappa shape index (κ2) is 15.4. The van der Waals surface area contributed by atoms with Gasteiger partial charge in [-0.15, -0.1) is 0 Å². The zero-order valence-electron chi connectivity index (χ0n) is 18.2. The van der Waals surface area contributed by atoms with Gasteiger partial charge < -0.3 is 9.80 Å². The Morgan fingerprint density at radius 2 is 1.52 bits per heavy atom. The molecular weight excluding hydrogens is 304 g/mol. The van der Waals surface area contributed by atoms with Crippen LogP contribution in [0.2, 0.25) is 0 Å². The number of piperidine rings is 1. The number of benzene rings is 1. The lowest BCUT2D eigenvalue weighted by Crippen LogP contribution is -2.37. The molecule has 0 aliphatic carbocycles. The van der Waals surface area contributed by atoms with Crippen molar-refractivity contribution in [3.05, 3.63) is 34.9 Å². The van der Waals surface area contributed by atoms with Crippen molar-refractivity contribution in [1.29, 1.82) is 0 Å². The van der Waals surface area contributed by atoms with Crippen molar-refractivity contribution in [2.75, 3.05) is 39.8 Å². The van der Waals surface area contributed by atoms with Crippen molar-refractivity contribution in [1.82, 2.24) is 9.80 Å². The van der Waals surface area contributed by atoms with Crippen molar-refractivity contribution in [3.8, 4) is 0 Å². The molecule has 0 radical (unpaired) electrons. The van der Waals surface area contributed by atoms with Gasteiger partial charge in [0.25, 0.3) is 0 Å². The van der Waals surface area contributed by atoms with Crippen molar-refractivity contribution in [3.63, 3.8) is 0 Å². The number of hydrogen-bond acceptors (Lipinski definition) is 2. The van der Waals surface area contributed by atoms with E-state index in [1.54, 1.807) is 0 Å². The number of aryl methyl sites for hydroxylation is 2. The van der Waals surface area contributed by atoms with Crippen LogP contribution in [-0.2, 0) is 6.42 Å². The summed E-state index contributed by atoms with van der Waals surface area (Å²) in [6.07, 6.45) is 6.63. The molecule has 1 saturated heterocycles. The molecule has 0 spiro atoms. The zero-order chi connectivity index (χ0) is 19.1. The van der Waals surface area contributed by atoms with E-state index in [0.29, 0.717) is 0 Å². The second-order valence-corrected chi connectivity index (χ2v) is 7.08. The summed E-state index contributed by atoms with van der Waals surface area (Å²) in [7, 11) is 2.25. The van der Waals surface area contributed by atoms with Gasteiger partial charge in [0.2, 0.25) is 0 Å². The molecule has 0 amide bonds. The minimum Gasteiger partial charge on any atom is -0.305 e. The molecule has 2 heteroatoms. The molecule has 0 atom stereocenters. The summed E-state index contributed by atoms with van der Waals surface area (Å²) >= 11 is 0. The molecule has 146 valence electrons. The maximum absolute atomic E-state index is 2.62. The van der Waals surface area contributed by atoms with E-state index in [-0.39, 0.29) is 0 Å². The smallest absolute Gasteiger partial charge is 0.0109 e. The Labute approximate surface area is 158 Å². The molecule has 1 aliphatic rings. The average molecular weight is 349 g/mol. The topological polar surface area (TPSA) is 6.48 Å². The molecule has 2 nitrogen and oxygen atoms in total. The number of likely N-dealkylation sites (N-methyl/N-ethyl adjacent to an activating group) is 1. The van der Waals surface area contributed by atoms with Crippen LogP contribution in [0.5, 0.6) is 0 Å². The number of likely N-dealkylation sites (tertiary alicyclic amines) is 1. The summed E-state index contributed by atoms with van der Waals surface area (Å²) in [5.41, 5.74) is 4.28. The fourth-order valence-corrected chi connectivity index (χ4v) is 2.89. The van der Waals surface area contributed by atoms with Gasteiger partial charge in [0, 0.05) is 19.6 Å². The number of nitrogens with zero attached hydrogens (tertiary/aromatic N) is 2. The highest BCUT2D eigenvalue weighted by atomic mass is 15.2. The normalized spacial score (nSPS) is 14.4. The van der Waals surface area contributed by atoms with Crippen LogP contribution < -0.4 is 0 Å². The van der Waals surface area contributed by atoms with Crippen molar-refractivity contribution in [2.24, 2.45) is 0 Å². The molecule has 0 N–H and O–H groups in total. The largest absolute Gasteiger partial charge is 0.305 e. The Bertz CT molecular complexity index is 422. The summed E-state index contributed by atoms with van der Waals surface area (Å²) in [5, 5.41) is 0. The lowest BCUT2D eigenvalue weighted by Gasteiger charge is -2.28. The van der Waals surface area contributed by atoms with Crippen molar-refractivity contribution in [2.45, 2.75) is 73.6 Å². The molecule has 0 bridgehead atoms. The third-order valence-corrected chi connectivity index (χ3v) is 4.60. The third-order valence-electron chi connectivity index (χ3n) is 4.60. The van der Waals surface area contributed by atoms with E-state index in [1.165, 1.54) is 68.6 Å². The van der Waals surface area contributed by atoms with Gasteiger partial charge in [-0.3, -0.25) is 0 Å². The van der Waals surface area contributed by atoms with Gasteiger partial charge in [-0.1, -0.05) is 58.7 Å². The first-order valence-corrected chi connectivity index (χ1v) is 10.5. The van der Waals surface area contributed by atoms with Crippen LogP contribution in [-0.4, -0.2) is 49.6 Å².